The largest absolute Gasteiger partial charge is 0.433 e. The summed E-state index contributed by atoms with van der Waals surface area (Å²) in [5.41, 5.74) is -1.67. The first-order valence-corrected chi connectivity index (χ1v) is 6.77. The predicted molar refractivity (Wildman–Crippen MR) is 70.9 cm³/mol. The van der Waals surface area contributed by atoms with Gasteiger partial charge in [-0.1, -0.05) is 19.8 Å². The Bertz CT molecular complexity index is 534. The molecule has 0 aromatic carbocycles. The van der Waals surface area contributed by atoms with Crippen LogP contribution in [0, 0.1) is 16.0 Å². The summed E-state index contributed by atoms with van der Waals surface area (Å²) in [5, 5.41) is 13.9. The first-order valence-electron chi connectivity index (χ1n) is 6.77. The van der Waals surface area contributed by atoms with E-state index in [0.29, 0.717) is 6.20 Å². The second kappa shape index (κ2) is 5.87. The van der Waals surface area contributed by atoms with Crippen molar-refractivity contribution in [2.45, 2.75) is 44.8 Å². The van der Waals surface area contributed by atoms with E-state index in [-0.39, 0.29) is 17.6 Å². The van der Waals surface area contributed by atoms with Gasteiger partial charge in [-0.15, -0.1) is 0 Å². The van der Waals surface area contributed by atoms with E-state index in [1.807, 2.05) is 6.92 Å². The fourth-order valence-electron chi connectivity index (χ4n) is 2.59. The van der Waals surface area contributed by atoms with Gasteiger partial charge in [-0.2, -0.15) is 13.2 Å². The van der Waals surface area contributed by atoms with Crippen molar-refractivity contribution in [3.63, 3.8) is 0 Å². The summed E-state index contributed by atoms with van der Waals surface area (Å²) in [4.78, 5) is 13.4. The van der Waals surface area contributed by atoms with E-state index in [1.54, 1.807) is 0 Å². The maximum atomic E-state index is 12.7. The molecule has 2 atom stereocenters. The zero-order chi connectivity index (χ0) is 15.6. The van der Waals surface area contributed by atoms with Crippen LogP contribution in [0.4, 0.5) is 24.5 Å². The molecule has 0 aliphatic heterocycles. The lowest BCUT2D eigenvalue weighted by atomic mass is 9.86. The minimum Gasteiger partial charge on any atom is -0.376 e. The molecular weight excluding hydrogens is 287 g/mol. The third kappa shape index (κ3) is 3.62. The number of alkyl halides is 3. The van der Waals surface area contributed by atoms with Crippen LogP contribution in [-0.2, 0) is 6.18 Å². The smallest absolute Gasteiger partial charge is 0.376 e. The highest BCUT2D eigenvalue weighted by Crippen LogP contribution is 2.35. The molecule has 1 aromatic rings. The van der Waals surface area contributed by atoms with Crippen molar-refractivity contribution in [1.82, 2.24) is 4.98 Å². The van der Waals surface area contributed by atoms with Gasteiger partial charge in [0.05, 0.1) is 4.92 Å². The van der Waals surface area contributed by atoms with Crippen LogP contribution in [0.1, 0.15) is 38.3 Å². The molecule has 1 aromatic heterocycles. The molecule has 8 heteroatoms. The number of anilines is 1. The Kier molecular flexibility index (Phi) is 4.34. The van der Waals surface area contributed by atoms with Gasteiger partial charge in [0.2, 0.25) is 0 Å². The normalized spacial score (nSPS) is 22.9. The summed E-state index contributed by atoms with van der Waals surface area (Å²) >= 11 is 0. The van der Waals surface area contributed by atoms with Crippen molar-refractivity contribution in [3.8, 4) is 0 Å². The Morgan fingerprint density at radius 2 is 2.05 bits per heavy atom. The lowest BCUT2D eigenvalue weighted by Gasteiger charge is -2.30. The van der Waals surface area contributed by atoms with Gasteiger partial charge in [0.1, 0.15) is 17.6 Å². The number of nitro groups is 1. The number of nitrogens with zero attached hydrogens (tertiary/aromatic N) is 2. The van der Waals surface area contributed by atoms with Crippen LogP contribution in [0.3, 0.4) is 0 Å². The van der Waals surface area contributed by atoms with Crippen molar-refractivity contribution >= 4 is 11.4 Å². The van der Waals surface area contributed by atoms with Crippen LogP contribution in [0.2, 0.25) is 0 Å². The SMILES string of the molecule is CC1CCCCC1Nc1cc(C(F)(F)F)ncc1[N+](=O)[O-]. The fraction of sp³-hybridized carbons (Fsp3) is 0.615. The van der Waals surface area contributed by atoms with Gasteiger partial charge in [-0.25, -0.2) is 4.98 Å². The first kappa shape index (κ1) is 15.5. The van der Waals surface area contributed by atoms with Crippen LogP contribution < -0.4 is 5.32 Å². The summed E-state index contributed by atoms with van der Waals surface area (Å²) in [6.07, 6.45) is -0.161. The molecule has 1 heterocycles. The molecule has 1 N–H and O–H groups in total. The molecule has 0 spiro atoms. The second-order valence-corrected chi connectivity index (χ2v) is 5.35. The van der Waals surface area contributed by atoms with E-state index in [1.165, 1.54) is 0 Å². The lowest BCUT2D eigenvalue weighted by molar-refractivity contribution is -0.384. The summed E-state index contributed by atoms with van der Waals surface area (Å²) in [7, 11) is 0. The van der Waals surface area contributed by atoms with Crippen molar-refractivity contribution < 1.29 is 18.1 Å². The van der Waals surface area contributed by atoms with E-state index in [4.69, 9.17) is 0 Å². The quantitative estimate of drug-likeness (QED) is 0.677. The number of pyridine rings is 1. The number of aromatic nitrogens is 1. The van der Waals surface area contributed by atoms with Crippen molar-refractivity contribution in [2.24, 2.45) is 5.92 Å². The number of nitrogens with one attached hydrogen (secondary N) is 1. The zero-order valence-corrected chi connectivity index (χ0v) is 11.5. The maximum Gasteiger partial charge on any atom is 0.433 e. The Labute approximate surface area is 119 Å². The van der Waals surface area contributed by atoms with Crippen LogP contribution in [0.15, 0.2) is 12.3 Å². The predicted octanol–water partition coefficient (Wildman–Crippen LogP) is 4.00. The minimum atomic E-state index is -4.62. The van der Waals surface area contributed by atoms with Crippen LogP contribution in [-0.4, -0.2) is 15.9 Å². The molecule has 1 aliphatic carbocycles. The standard InChI is InChI=1S/C13H16F3N3O2/c1-8-4-2-3-5-9(8)18-10-6-12(13(14,15)16)17-7-11(10)19(20)21/h6-9H,2-5H2,1H3,(H,17,18). The molecule has 2 rings (SSSR count). The summed E-state index contributed by atoms with van der Waals surface area (Å²) in [5.74, 6) is 0.265. The topological polar surface area (TPSA) is 68.1 Å². The van der Waals surface area contributed by atoms with E-state index < -0.39 is 22.5 Å². The van der Waals surface area contributed by atoms with E-state index in [2.05, 4.69) is 10.3 Å². The monoisotopic (exact) mass is 303 g/mol. The van der Waals surface area contributed by atoms with Gasteiger partial charge in [-0.3, -0.25) is 10.1 Å². The molecule has 1 saturated carbocycles. The van der Waals surface area contributed by atoms with Crippen LogP contribution >= 0.6 is 0 Å². The van der Waals surface area contributed by atoms with Gasteiger partial charge < -0.3 is 5.32 Å². The Morgan fingerprint density at radius 3 is 2.62 bits per heavy atom. The molecule has 2 unspecified atom stereocenters. The van der Waals surface area contributed by atoms with Crippen molar-refractivity contribution in [3.05, 3.63) is 28.1 Å². The molecule has 21 heavy (non-hydrogen) atoms. The Hall–Kier alpha value is -1.86. The Balaban J connectivity index is 2.32. The second-order valence-electron chi connectivity index (χ2n) is 5.35. The molecule has 116 valence electrons. The highest BCUT2D eigenvalue weighted by atomic mass is 19.4. The molecule has 1 aliphatic rings. The molecule has 0 amide bonds. The fourth-order valence-corrected chi connectivity index (χ4v) is 2.59. The average Bonchev–Trinajstić information content (AvgIpc) is 2.40. The molecular formula is C13H16F3N3O2. The summed E-state index contributed by atoms with van der Waals surface area (Å²) in [6, 6.07) is 0.667. The lowest BCUT2D eigenvalue weighted by Crippen LogP contribution is -2.30. The molecule has 5 nitrogen and oxygen atoms in total. The molecule has 0 bridgehead atoms. The summed E-state index contributed by atoms with van der Waals surface area (Å²) < 4.78 is 38.1. The Morgan fingerprint density at radius 1 is 1.38 bits per heavy atom. The minimum absolute atomic E-state index is 0.0547. The van der Waals surface area contributed by atoms with Crippen LogP contribution in [0.25, 0.3) is 0 Å². The number of halogens is 3. The van der Waals surface area contributed by atoms with E-state index in [0.717, 1.165) is 31.7 Å². The van der Waals surface area contributed by atoms with Gasteiger partial charge in [-0.05, 0) is 24.8 Å². The average molecular weight is 303 g/mol. The summed E-state index contributed by atoms with van der Waals surface area (Å²) in [6.45, 7) is 1.99. The van der Waals surface area contributed by atoms with E-state index >= 15 is 0 Å². The van der Waals surface area contributed by atoms with Gasteiger partial charge >= 0.3 is 11.9 Å². The highest BCUT2D eigenvalue weighted by Gasteiger charge is 2.35. The maximum absolute atomic E-state index is 12.7. The van der Waals surface area contributed by atoms with Crippen molar-refractivity contribution in [1.29, 1.82) is 0 Å². The number of hydrogen-bond donors (Lipinski definition) is 1. The molecule has 0 radical (unpaired) electrons. The third-order valence-electron chi connectivity index (χ3n) is 3.82. The van der Waals surface area contributed by atoms with Gasteiger partial charge in [0.15, 0.2) is 0 Å². The van der Waals surface area contributed by atoms with Gasteiger partial charge in [0.25, 0.3) is 0 Å². The number of hydrogen-bond acceptors (Lipinski definition) is 4. The third-order valence-corrected chi connectivity index (χ3v) is 3.82. The molecule has 0 saturated heterocycles. The highest BCUT2D eigenvalue weighted by molar-refractivity contribution is 5.61. The van der Waals surface area contributed by atoms with Crippen LogP contribution in [0.5, 0.6) is 0 Å². The first-order chi connectivity index (χ1) is 9.79. The zero-order valence-electron chi connectivity index (χ0n) is 11.5. The van der Waals surface area contributed by atoms with E-state index in [9.17, 15) is 23.3 Å². The molecule has 1 fully saturated rings. The number of rotatable bonds is 3. The van der Waals surface area contributed by atoms with Gasteiger partial charge in [0, 0.05) is 6.04 Å². The van der Waals surface area contributed by atoms with Crippen molar-refractivity contribution in [2.75, 3.05) is 5.32 Å².